The summed E-state index contributed by atoms with van der Waals surface area (Å²) in [6.45, 7) is 5.08. The second-order valence-electron chi connectivity index (χ2n) is 9.59. The van der Waals surface area contributed by atoms with Crippen LogP contribution in [0.3, 0.4) is 0 Å². The normalized spacial score (nSPS) is 15.4. The maximum atomic E-state index is 12.3. The van der Waals surface area contributed by atoms with Gasteiger partial charge in [0.05, 0.1) is 17.8 Å². The third kappa shape index (κ3) is 5.17. The SMILES string of the molecule is Cn1c(N2CCN(CCCN3c4ccccc4Sc4ccc(CC(N)=O)cc43)CC2)cc(=O)n(C)c1=O. The molecule has 0 spiro atoms. The van der Waals surface area contributed by atoms with Crippen molar-refractivity contribution in [3.63, 3.8) is 0 Å². The summed E-state index contributed by atoms with van der Waals surface area (Å²) < 4.78 is 2.68. The second-order valence-corrected chi connectivity index (χ2v) is 10.7. The molecule has 0 radical (unpaired) electrons. The molecule has 1 aromatic heterocycles. The smallest absolute Gasteiger partial charge is 0.332 e. The number of nitrogens with zero attached hydrogens (tertiary/aromatic N) is 5. The third-order valence-electron chi connectivity index (χ3n) is 7.12. The number of amides is 1. The van der Waals surface area contributed by atoms with Crippen molar-refractivity contribution in [1.29, 1.82) is 0 Å². The minimum absolute atomic E-state index is 0.233. The van der Waals surface area contributed by atoms with Crippen molar-refractivity contribution in [2.24, 2.45) is 19.8 Å². The molecular weight excluding hydrogens is 488 g/mol. The first kappa shape index (κ1) is 25.2. The van der Waals surface area contributed by atoms with Crippen LogP contribution in [0, 0.1) is 0 Å². The van der Waals surface area contributed by atoms with Crippen molar-refractivity contribution in [2.45, 2.75) is 22.6 Å². The number of aromatic nitrogens is 2. The third-order valence-corrected chi connectivity index (χ3v) is 8.25. The number of benzene rings is 2. The monoisotopic (exact) mass is 520 g/mol. The summed E-state index contributed by atoms with van der Waals surface area (Å²) in [5.41, 5.74) is 8.11. The first-order chi connectivity index (χ1) is 17.8. The van der Waals surface area contributed by atoms with Gasteiger partial charge in [-0.25, -0.2) is 4.79 Å². The van der Waals surface area contributed by atoms with Gasteiger partial charge in [-0.2, -0.15) is 0 Å². The molecule has 37 heavy (non-hydrogen) atoms. The minimum Gasteiger partial charge on any atom is -0.369 e. The molecule has 2 aliphatic rings. The first-order valence-corrected chi connectivity index (χ1v) is 13.3. The van der Waals surface area contributed by atoms with Gasteiger partial charge in [0.25, 0.3) is 5.56 Å². The molecule has 0 atom stereocenters. The quantitative estimate of drug-likeness (QED) is 0.509. The average Bonchev–Trinajstić information content (AvgIpc) is 2.89. The van der Waals surface area contributed by atoms with Crippen LogP contribution in [0.2, 0.25) is 0 Å². The number of para-hydroxylation sites is 1. The molecule has 1 fully saturated rings. The Labute approximate surface area is 220 Å². The highest BCUT2D eigenvalue weighted by Gasteiger charge is 2.25. The predicted octanol–water partition coefficient (Wildman–Crippen LogP) is 1.93. The molecule has 0 aliphatic carbocycles. The van der Waals surface area contributed by atoms with Gasteiger partial charge in [-0.05, 0) is 42.8 Å². The molecule has 2 aromatic carbocycles. The Morgan fingerprint density at radius 2 is 1.62 bits per heavy atom. The Balaban J connectivity index is 1.25. The molecule has 0 unspecified atom stereocenters. The summed E-state index contributed by atoms with van der Waals surface area (Å²) in [7, 11) is 3.22. The van der Waals surface area contributed by atoms with E-state index in [1.807, 2.05) is 6.07 Å². The second kappa shape index (κ2) is 10.5. The average molecular weight is 521 g/mol. The molecule has 1 saturated heterocycles. The Morgan fingerprint density at radius 3 is 2.38 bits per heavy atom. The summed E-state index contributed by atoms with van der Waals surface area (Å²) in [5, 5.41) is 0. The zero-order chi connectivity index (χ0) is 26.1. The lowest BCUT2D eigenvalue weighted by Gasteiger charge is -2.37. The van der Waals surface area contributed by atoms with Crippen molar-refractivity contribution in [1.82, 2.24) is 14.0 Å². The highest BCUT2D eigenvalue weighted by Crippen LogP contribution is 2.48. The highest BCUT2D eigenvalue weighted by atomic mass is 32.2. The van der Waals surface area contributed by atoms with Gasteiger partial charge in [-0.3, -0.25) is 23.6 Å². The van der Waals surface area contributed by atoms with E-state index in [-0.39, 0.29) is 23.6 Å². The summed E-state index contributed by atoms with van der Waals surface area (Å²) in [5.74, 6) is 0.351. The number of rotatable bonds is 7. The van der Waals surface area contributed by atoms with Crippen LogP contribution in [0.1, 0.15) is 12.0 Å². The fourth-order valence-corrected chi connectivity index (χ4v) is 6.18. The zero-order valence-electron chi connectivity index (χ0n) is 21.2. The largest absolute Gasteiger partial charge is 0.369 e. The van der Waals surface area contributed by atoms with E-state index in [4.69, 9.17) is 5.73 Å². The van der Waals surface area contributed by atoms with E-state index in [0.717, 1.165) is 61.5 Å². The maximum absolute atomic E-state index is 12.3. The summed E-state index contributed by atoms with van der Waals surface area (Å²) >= 11 is 1.76. The van der Waals surface area contributed by atoms with Gasteiger partial charge < -0.3 is 15.5 Å². The lowest BCUT2D eigenvalue weighted by molar-refractivity contribution is -0.117. The van der Waals surface area contributed by atoms with Crippen LogP contribution in [-0.2, 0) is 25.3 Å². The Morgan fingerprint density at radius 1 is 0.892 bits per heavy atom. The van der Waals surface area contributed by atoms with Crippen molar-refractivity contribution in [3.05, 3.63) is 74.9 Å². The standard InChI is InChI=1S/C27H32N6O3S/c1-29-25(18-26(35)30(2)27(29)36)32-14-12-31(13-15-32)10-5-11-33-20-6-3-4-7-22(20)37-23-9-8-19(16-21(23)33)17-24(28)34/h3-4,6-9,16,18H,5,10-15,17H2,1-2H3,(H2,28,34). The van der Waals surface area contributed by atoms with Crippen molar-refractivity contribution in [2.75, 3.05) is 49.1 Å². The van der Waals surface area contributed by atoms with Crippen LogP contribution >= 0.6 is 11.8 Å². The lowest BCUT2D eigenvalue weighted by atomic mass is 10.1. The molecule has 2 aliphatic heterocycles. The van der Waals surface area contributed by atoms with E-state index in [2.05, 4.69) is 51.1 Å². The number of piperazine rings is 1. The molecular formula is C27H32N6O3S. The van der Waals surface area contributed by atoms with Gasteiger partial charge in [-0.15, -0.1) is 0 Å². The molecule has 2 N–H and O–H groups in total. The fourth-order valence-electron chi connectivity index (χ4n) is 5.10. The molecule has 5 rings (SSSR count). The Bertz CT molecular complexity index is 1440. The van der Waals surface area contributed by atoms with Crippen LogP contribution in [-0.4, -0.2) is 59.2 Å². The summed E-state index contributed by atoms with van der Waals surface area (Å²) in [6.07, 6.45) is 1.21. The fraction of sp³-hybridized carbons (Fsp3) is 0.370. The van der Waals surface area contributed by atoms with Gasteiger partial charge in [0, 0.05) is 62.7 Å². The first-order valence-electron chi connectivity index (χ1n) is 12.5. The van der Waals surface area contributed by atoms with E-state index in [0.29, 0.717) is 5.82 Å². The van der Waals surface area contributed by atoms with Crippen LogP contribution in [0.5, 0.6) is 0 Å². The number of carbonyl (C=O) groups excluding carboxylic acids is 1. The van der Waals surface area contributed by atoms with E-state index in [1.165, 1.54) is 22.5 Å². The summed E-state index contributed by atoms with van der Waals surface area (Å²) in [4.78, 5) is 45.3. The van der Waals surface area contributed by atoms with Crippen molar-refractivity contribution >= 4 is 34.9 Å². The van der Waals surface area contributed by atoms with Crippen molar-refractivity contribution < 1.29 is 4.79 Å². The van der Waals surface area contributed by atoms with E-state index < -0.39 is 0 Å². The predicted molar refractivity (Wildman–Crippen MR) is 147 cm³/mol. The maximum Gasteiger partial charge on any atom is 0.332 e. The van der Waals surface area contributed by atoms with Gasteiger partial charge in [0.2, 0.25) is 5.91 Å². The van der Waals surface area contributed by atoms with E-state index in [1.54, 1.807) is 29.4 Å². The van der Waals surface area contributed by atoms with E-state index in [9.17, 15) is 14.4 Å². The van der Waals surface area contributed by atoms with Gasteiger partial charge in [-0.1, -0.05) is 30.0 Å². The number of primary amides is 1. The minimum atomic E-state index is -0.328. The molecule has 0 bridgehead atoms. The van der Waals surface area contributed by atoms with Crippen LogP contribution in [0.4, 0.5) is 17.2 Å². The molecule has 0 saturated carbocycles. The van der Waals surface area contributed by atoms with E-state index >= 15 is 0 Å². The van der Waals surface area contributed by atoms with Crippen LogP contribution in [0.25, 0.3) is 0 Å². The highest BCUT2D eigenvalue weighted by molar-refractivity contribution is 7.99. The number of carbonyl (C=O) groups is 1. The summed E-state index contributed by atoms with van der Waals surface area (Å²) in [6, 6.07) is 16.1. The molecule has 10 heteroatoms. The number of hydrogen-bond donors (Lipinski definition) is 1. The number of hydrogen-bond acceptors (Lipinski definition) is 7. The van der Waals surface area contributed by atoms with Gasteiger partial charge in [0.15, 0.2) is 0 Å². The van der Waals surface area contributed by atoms with Crippen molar-refractivity contribution in [3.8, 4) is 0 Å². The topological polar surface area (TPSA) is 96.8 Å². The van der Waals surface area contributed by atoms with Gasteiger partial charge in [0.1, 0.15) is 5.82 Å². The molecule has 1 amide bonds. The zero-order valence-corrected chi connectivity index (χ0v) is 22.0. The molecule has 194 valence electrons. The Hall–Kier alpha value is -3.50. The van der Waals surface area contributed by atoms with Gasteiger partial charge >= 0.3 is 5.69 Å². The molecule has 3 aromatic rings. The number of nitrogens with two attached hydrogens (primary N) is 1. The number of anilines is 3. The Kier molecular flexibility index (Phi) is 7.12. The van der Waals surface area contributed by atoms with Crippen LogP contribution in [0.15, 0.2) is 67.9 Å². The van der Waals surface area contributed by atoms with Crippen LogP contribution < -0.4 is 26.8 Å². The molecule has 3 heterocycles. The number of fused-ring (bicyclic) bond motifs is 2. The molecule has 9 nitrogen and oxygen atoms in total. The lowest BCUT2D eigenvalue weighted by Crippen LogP contribution is -2.49.